The molecule has 0 aromatic heterocycles. The number of ether oxygens (including phenoxy) is 3. The van der Waals surface area contributed by atoms with Gasteiger partial charge in [-0.25, -0.2) is 8.78 Å². The highest BCUT2D eigenvalue weighted by atomic mass is 19.2. The summed E-state index contributed by atoms with van der Waals surface area (Å²) in [6, 6.07) is 7.18. The van der Waals surface area contributed by atoms with Crippen molar-refractivity contribution in [1.29, 1.82) is 0 Å². The molecule has 3 nitrogen and oxygen atoms in total. The van der Waals surface area contributed by atoms with Crippen LogP contribution in [0.2, 0.25) is 0 Å². The molecule has 0 radical (unpaired) electrons. The maximum Gasteiger partial charge on any atom is 0.201 e. The average molecular weight is 406 g/mol. The Hall–Kier alpha value is -2.31. The van der Waals surface area contributed by atoms with Crippen LogP contribution in [-0.4, -0.2) is 32.5 Å². The molecule has 2 atom stereocenters. The van der Waals surface area contributed by atoms with E-state index in [0.717, 1.165) is 12.8 Å². The summed E-state index contributed by atoms with van der Waals surface area (Å²) < 4.78 is 59.7. The van der Waals surface area contributed by atoms with E-state index >= 15 is 0 Å². The Kier molecular flexibility index (Phi) is 7.34. The predicted molar refractivity (Wildman–Crippen MR) is 106 cm³/mol. The van der Waals surface area contributed by atoms with E-state index in [4.69, 9.17) is 14.2 Å². The van der Waals surface area contributed by atoms with E-state index in [9.17, 15) is 13.2 Å². The monoisotopic (exact) mass is 406 g/mol. The third-order valence-electron chi connectivity index (χ3n) is 5.03. The molecule has 3 rings (SSSR count). The summed E-state index contributed by atoms with van der Waals surface area (Å²) in [5.41, 5.74) is 0.773. The van der Waals surface area contributed by atoms with Crippen LogP contribution in [0.1, 0.15) is 31.2 Å². The Balaban J connectivity index is 1.75. The van der Waals surface area contributed by atoms with E-state index in [1.165, 1.54) is 24.3 Å². The highest BCUT2D eigenvalue weighted by molar-refractivity contribution is 5.66. The Bertz CT molecular complexity index is 846. The number of rotatable bonds is 8. The van der Waals surface area contributed by atoms with Crippen molar-refractivity contribution in [3.63, 3.8) is 0 Å². The van der Waals surface area contributed by atoms with Gasteiger partial charge < -0.3 is 14.2 Å². The van der Waals surface area contributed by atoms with Crippen molar-refractivity contribution in [2.45, 2.75) is 31.8 Å². The minimum absolute atomic E-state index is 0.0180. The van der Waals surface area contributed by atoms with Gasteiger partial charge in [-0.1, -0.05) is 24.8 Å². The Labute approximate surface area is 169 Å². The fourth-order valence-corrected chi connectivity index (χ4v) is 3.47. The predicted octanol–water partition coefficient (Wildman–Crippen LogP) is 5.63. The molecule has 1 heterocycles. The van der Waals surface area contributed by atoms with Crippen LogP contribution in [0.15, 0.2) is 43.0 Å². The summed E-state index contributed by atoms with van der Waals surface area (Å²) >= 11 is 0. The summed E-state index contributed by atoms with van der Waals surface area (Å²) in [5, 5.41) is 0. The fourth-order valence-electron chi connectivity index (χ4n) is 3.47. The van der Waals surface area contributed by atoms with Crippen molar-refractivity contribution in [2.75, 3.05) is 26.4 Å². The van der Waals surface area contributed by atoms with E-state index < -0.39 is 17.5 Å². The van der Waals surface area contributed by atoms with Crippen LogP contribution in [0.4, 0.5) is 13.2 Å². The standard InChI is InChI=1S/C23H25F3O3/c1-3-11-28-21-10-9-19(22(25)23(21)26)15-6-8-18(20(24)12-15)16-5-7-17(29-13-16)14-27-4-2/h3,6,8-10,12,16-17H,1,4-5,7,11,13-14H2,2H3. The Morgan fingerprint density at radius 3 is 2.62 bits per heavy atom. The van der Waals surface area contributed by atoms with Gasteiger partial charge in [0.1, 0.15) is 12.4 Å². The number of benzene rings is 2. The first-order valence-electron chi connectivity index (χ1n) is 9.76. The average Bonchev–Trinajstić information content (AvgIpc) is 2.74. The third-order valence-corrected chi connectivity index (χ3v) is 5.03. The van der Waals surface area contributed by atoms with Crippen LogP contribution in [0.25, 0.3) is 11.1 Å². The van der Waals surface area contributed by atoms with Gasteiger partial charge in [0.2, 0.25) is 5.82 Å². The van der Waals surface area contributed by atoms with Gasteiger partial charge in [0.15, 0.2) is 11.6 Å². The summed E-state index contributed by atoms with van der Waals surface area (Å²) in [7, 11) is 0. The van der Waals surface area contributed by atoms with E-state index in [1.54, 1.807) is 12.1 Å². The first-order valence-corrected chi connectivity index (χ1v) is 9.76. The summed E-state index contributed by atoms with van der Waals surface area (Å²) in [6.07, 6.45) is 3.05. The van der Waals surface area contributed by atoms with Crippen LogP contribution in [0.3, 0.4) is 0 Å². The topological polar surface area (TPSA) is 27.7 Å². The van der Waals surface area contributed by atoms with E-state index in [1.807, 2.05) is 6.92 Å². The molecule has 0 aliphatic carbocycles. The lowest BCUT2D eigenvalue weighted by atomic mass is 9.89. The molecule has 2 aromatic carbocycles. The zero-order valence-corrected chi connectivity index (χ0v) is 16.4. The smallest absolute Gasteiger partial charge is 0.201 e. The molecular weight excluding hydrogens is 381 g/mol. The molecule has 0 bridgehead atoms. The molecular formula is C23H25F3O3. The molecule has 2 unspecified atom stereocenters. The SMILES string of the molecule is C=CCOc1ccc(-c2ccc(C3CCC(COCC)OC3)c(F)c2)c(F)c1F. The zero-order valence-electron chi connectivity index (χ0n) is 16.4. The molecule has 1 aliphatic heterocycles. The minimum Gasteiger partial charge on any atom is -0.486 e. The van der Waals surface area contributed by atoms with Gasteiger partial charge in [-0.15, -0.1) is 0 Å². The molecule has 0 N–H and O–H groups in total. The van der Waals surface area contributed by atoms with Gasteiger partial charge in [0.25, 0.3) is 0 Å². The number of halogens is 3. The Morgan fingerprint density at radius 2 is 1.97 bits per heavy atom. The van der Waals surface area contributed by atoms with E-state index in [-0.39, 0.29) is 35.5 Å². The highest BCUT2D eigenvalue weighted by Gasteiger charge is 2.25. The van der Waals surface area contributed by atoms with E-state index in [0.29, 0.717) is 25.4 Å². The number of hydrogen-bond donors (Lipinski definition) is 0. The maximum atomic E-state index is 14.8. The number of hydrogen-bond acceptors (Lipinski definition) is 3. The van der Waals surface area contributed by atoms with E-state index in [2.05, 4.69) is 6.58 Å². The maximum absolute atomic E-state index is 14.8. The van der Waals surface area contributed by atoms with Crippen molar-refractivity contribution in [3.8, 4) is 16.9 Å². The highest BCUT2D eigenvalue weighted by Crippen LogP contribution is 2.34. The van der Waals surface area contributed by atoms with Crippen LogP contribution in [0, 0.1) is 17.5 Å². The van der Waals surface area contributed by atoms with Crippen molar-refractivity contribution in [1.82, 2.24) is 0 Å². The lowest BCUT2D eigenvalue weighted by Crippen LogP contribution is -2.29. The fraction of sp³-hybridized carbons (Fsp3) is 0.391. The van der Waals surface area contributed by atoms with Crippen molar-refractivity contribution in [2.24, 2.45) is 0 Å². The summed E-state index contributed by atoms with van der Waals surface area (Å²) in [4.78, 5) is 0. The van der Waals surface area contributed by atoms with Crippen molar-refractivity contribution >= 4 is 0 Å². The van der Waals surface area contributed by atoms with Crippen LogP contribution < -0.4 is 4.74 Å². The quantitative estimate of drug-likeness (QED) is 0.532. The normalized spacial score (nSPS) is 19.2. The van der Waals surface area contributed by atoms with Crippen molar-refractivity contribution < 1.29 is 27.4 Å². The third kappa shape index (κ3) is 5.00. The van der Waals surface area contributed by atoms with Gasteiger partial charge >= 0.3 is 0 Å². The molecule has 0 amide bonds. The lowest BCUT2D eigenvalue weighted by Gasteiger charge is -2.29. The summed E-state index contributed by atoms with van der Waals surface area (Å²) in [6.45, 7) is 7.05. The van der Waals surface area contributed by atoms with Gasteiger partial charge in [-0.3, -0.25) is 0 Å². The molecule has 29 heavy (non-hydrogen) atoms. The molecule has 0 saturated carbocycles. The summed E-state index contributed by atoms with van der Waals surface area (Å²) in [5.74, 6) is -2.90. The molecule has 6 heteroatoms. The Morgan fingerprint density at radius 1 is 1.14 bits per heavy atom. The van der Waals surface area contributed by atoms with Gasteiger partial charge in [-0.05, 0) is 49.1 Å². The first kappa shape index (κ1) is 21.4. The van der Waals surface area contributed by atoms with Crippen LogP contribution in [0.5, 0.6) is 5.75 Å². The molecule has 0 spiro atoms. The van der Waals surface area contributed by atoms with Crippen LogP contribution >= 0.6 is 0 Å². The lowest BCUT2D eigenvalue weighted by molar-refractivity contribution is -0.0464. The van der Waals surface area contributed by atoms with Gasteiger partial charge in [0, 0.05) is 18.1 Å². The zero-order chi connectivity index (χ0) is 20.8. The molecule has 2 aromatic rings. The van der Waals surface area contributed by atoms with Crippen molar-refractivity contribution in [3.05, 3.63) is 66.0 Å². The first-order chi connectivity index (χ1) is 14.0. The minimum atomic E-state index is -1.10. The largest absolute Gasteiger partial charge is 0.486 e. The molecule has 1 saturated heterocycles. The molecule has 1 aliphatic rings. The van der Waals surface area contributed by atoms with Crippen LogP contribution in [-0.2, 0) is 9.47 Å². The molecule has 1 fully saturated rings. The van der Waals surface area contributed by atoms with Gasteiger partial charge in [0.05, 0.1) is 19.3 Å². The second kappa shape index (κ2) is 9.94. The second-order valence-electron chi connectivity index (χ2n) is 6.96. The van der Waals surface area contributed by atoms with Gasteiger partial charge in [-0.2, -0.15) is 4.39 Å². The molecule has 156 valence electrons. The second-order valence-corrected chi connectivity index (χ2v) is 6.96.